The number of fused-ring (bicyclic) bond motifs is 1. The fraction of sp³-hybridized carbons (Fsp3) is 0.409. The number of hydrogen-bond donors (Lipinski definition) is 1. The van der Waals surface area contributed by atoms with Gasteiger partial charge in [0.05, 0.1) is 24.2 Å². The summed E-state index contributed by atoms with van der Waals surface area (Å²) in [5.74, 6) is 2.41. The summed E-state index contributed by atoms with van der Waals surface area (Å²) in [6, 6.07) is 12.0. The van der Waals surface area contributed by atoms with Crippen molar-refractivity contribution in [3.63, 3.8) is 0 Å². The minimum atomic E-state index is 0.0961. The predicted octanol–water partition coefficient (Wildman–Crippen LogP) is 3.40. The molecule has 3 aromatic rings. The second kappa shape index (κ2) is 8.21. The van der Waals surface area contributed by atoms with Crippen LogP contribution in [0.4, 0.5) is 11.6 Å². The number of ether oxygens (including phenoxy) is 2. The number of hydrogen-bond acceptors (Lipinski definition) is 7. The molecule has 1 aromatic carbocycles. The van der Waals surface area contributed by atoms with Crippen molar-refractivity contribution in [1.29, 1.82) is 0 Å². The second-order valence-corrected chi connectivity index (χ2v) is 7.54. The van der Waals surface area contributed by atoms with E-state index in [9.17, 15) is 0 Å². The van der Waals surface area contributed by atoms with Gasteiger partial charge in [0, 0.05) is 38.3 Å². The zero-order chi connectivity index (χ0) is 19.5. The Morgan fingerprint density at radius 2 is 1.93 bits per heavy atom. The molecule has 2 fully saturated rings. The molecule has 2 saturated heterocycles. The lowest BCUT2D eigenvalue weighted by Crippen LogP contribution is -2.21. The Labute approximate surface area is 170 Å². The first-order valence-electron chi connectivity index (χ1n) is 10.3. The molecule has 5 rings (SSSR count). The molecule has 29 heavy (non-hydrogen) atoms. The zero-order valence-corrected chi connectivity index (χ0v) is 16.4. The van der Waals surface area contributed by atoms with Crippen LogP contribution in [0.15, 0.2) is 42.6 Å². The van der Waals surface area contributed by atoms with Gasteiger partial charge in [0.2, 0.25) is 5.88 Å². The van der Waals surface area contributed by atoms with Crippen LogP contribution in [0.2, 0.25) is 0 Å². The Balaban J connectivity index is 1.36. The Hall–Kier alpha value is -2.93. The van der Waals surface area contributed by atoms with E-state index < -0.39 is 0 Å². The molecule has 2 aromatic heterocycles. The molecule has 0 amide bonds. The molecule has 7 nitrogen and oxygen atoms in total. The summed E-state index contributed by atoms with van der Waals surface area (Å²) >= 11 is 0. The van der Waals surface area contributed by atoms with Crippen molar-refractivity contribution in [2.45, 2.75) is 31.9 Å². The second-order valence-electron chi connectivity index (χ2n) is 7.54. The van der Waals surface area contributed by atoms with Crippen LogP contribution >= 0.6 is 0 Å². The first kappa shape index (κ1) is 18.1. The van der Waals surface area contributed by atoms with Crippen LogP contribution in [0.25, 0.3) is 11.0 Å². The van der Waals surface area contributed by atoms with Crippen molar-refractivity contribution in [2.24, 2.45) is 0 Å². The van der Waals surface area contributed by atoms with Crippen LogP contribution in [0.5, 0.6) is 5.88 Å². The summed E-state index contributed by atoms with van der Waals surface area (Å²) in [5.41, 5.74) is 2.92. The zero-order valence-electron chi connectivity index (χ0n) is 16.4. The predicted molar refractivity (Wildman–Crippen MR) is 112 cm³/mol. The number of nitrogens with zero attached hydrogens (tertiary/aromatic N) is 4. The number of aromatic nitrogens is 3. The normalized spacial score (nSPS) is 19.0. The van der Waals surface area contributed by atoms with Gasteiger partial charge in [0.15, 0.2) is 11.6 Å². The molecule has 4 heterocycles. The molecule has 0 spiro atoms. The maximum Gasteiger partial charge on any atom is 0.213 e. The molecule has 1 unspecified atom stereocenters. The van der Waals surface area contributed by atoms with Crippen LogP contribution in [-0.4, -0.2) is 47.4 Å². The first-order valence-corrected chi connectivity index (χ1v) is 10.3. The Kier molecular flexibility index (Phi) is 5.13. The Morgan fingerprint density at radius 1 is 1.10 bits per heavy atom. The van der Waals surface area contributed by atoms with E-state index in [1.165, 1.54) is 12.8 Å². The van der Waals surface area contributed by atoms with Crippen LogP contribution < -0.4 is 15.0 Å². The molecule has 0 saturated carbocycles. The van der Waals surface area contributed by atoms with Gasteiger partial charge in [0.25, 0.3) is 0 Å². The Morgan fingerprint density at radius 3 is 2.72 bits per heavy atom. The summed E-state index contributed by atoms with van der Waals surface area (Å²) in [6.07, 6.45) is 5.19. The minimum absolute atomic E-state index is 0.0961. The van der Waals surface area contributed by atoms with E-state index in [2.05, 4.69) is 15.2 Å². The first-order chi connectivity index (χ1) is 14.3. The van der Waals surface area contributed by atoms with Crippen LogP contribution in [-0.2, 0) is 11.3 Å². The lowest BCUT2D eigenvalue weighted by molar-refractivity contribution is 0.138. The SMILES string of the molecule is c1ccc2nc(N3CCCC3)c(NCc3ccnc(OC4CCOC4)c3)nc2c1. The third-order valence-electron chi connectivity index (χ3n) is 5.39. The van der Waals surface area contributed by atoms with E-state index in [4.69, 9.17) is 19.4 Å². The average molecular weight is 391 g/mol. The van der Waals surface area contributed by atoms with Gasteiger partial charge in [-0.05, 0) is 36.6 Å². The average Bonchev–Trinajstić information content (AvgIpc) is 3.46. The number of benzene rings is 1. The van der Waals surface area contributed by atoms with Crippen molar-refractivity contribution >= 4 is 22.7 Å². The molecular formula is C22H25N5O2. The highest BCUT2D eigenvalue weighted by Crippen LogP contribution is 2.28. The monoisotopic (exact) mass is 391 g/mol. The highest BCUT2D eigenvalue weighted by molar-refractivity contribution is 5.80. The molecule has 7 heteroatoms. The molecule has 1 N–H and O–H groups in total. The van der Waals surface area contributed by atoms with Gasteiger partial charge in [-0.25, -0.2) is 15.0 Å². The van der Waals surface area contributed by atoms with Gasteiger partial charge in [-0.3, -0.25) is 0 Å². The van der Waals surface area contributed by atoms with Crippen LogP contribution in [0.3, 0.4) is 0 Å². The smallest absolute Gasteiger partial charge is 0.213 e. The third kappa shape index (κ3) is 4.10. The van der Waals surface area contributed by atoms with Crippen molar-refractivity contribution in [2.75, 3.05) is 36.5 Å². The highest BCUT2D eigenvalue weighted by atomic mass is 16.5. The summed E-state index contributed by atoms with van der Waals surface area (Å²) in [7, 11) is 0. The van der Waals surface area contributed by atoms with Gasteiger partial charge in [-0.1, -0.05) is 12.1 Å². The molecule has 0 bridgehead atoms. The number of rotatable bonds is 6. The van der Waals surface area contributed by atoms with Gasteiger partial charge < -0.3 is 19.7 Å². The van der Waals surface area contributed by atoms with Crippen molar-refractivity contribution in [3.05, 3.63) is 48.2 Å². The fourth-order valence-corrected chi connectivity index (χ4v) is 3.85. The molecule has 2 aliphatic heterocycles. The quantitative estimate of drug-likeness (QED) is 0.690. The highest BCUT2D eigenvalue weighted by Gasteiger charge is 2.20. The van der Waals surface area contributed by atoms with E-state index in [0.29, 0.717) is 19.0 Å². The lowest BCUT2D eigenvalue weighted by Gasteiger charge is -2.20. The minimum Gasteiger partial charge on any atom is -0.472 e. The lowest BCUT2D eigenvalue weighted by atomic mass is 10.2. The summed E-state index contributed by atoms with van der Waals surface area (Å²) in [5, 5.41) is 3.50. The van der Waals surface area contributed by atoms with E-state index in [0.717, 1.165) is 54.3 Å². The molecule has 0 aliphatic carbocycles. The number of pyridine rings is 1. The van der Waals surface area contributed by atoms with Gasteiger partial charge >= 0.3 is 0 Å². The molecule has 150 valence electrons. The standard InChI is InChI=1S/C22H25N5O2/c1-2-6-19-18(5-1)25-21(22(26-19)27-10-3-4-11-27)24-14-16-7-9-23-20(13-16)29-17-8-12-28-15-17/h1-2,5-7,9,13,17H,3-4,8,10-12,14-15H2,(H,24,25). The van der Waals surface area contributed by atoms with Crippen molar-refractivity contribution < 1.29 is 9.47 Å². The van der Waals surface area contributed by atoms with E-state index in [1.54, 1.807) is 6.20 Å². The maximum absolute atomic E-state index is 5.93. The van der Waals surface area contributed by atoms with E-state index in [1.807, 2.05) is 36.4 Å². The molecule has 2 aliphatic rings. The van der Waals surface area contributed by atoms with E-state index in [-0.39, 0.29) is 6.10 Å². The number of para-hydroxylation sites is 2. The van der Waals surface area contributed by atoms with Gasteiger partial charge in [-0.15, -0.1) is 0 Å². The van der Waals surface area contributed by atoms with Crippen molar-refractivity contribution in [1.82, 2.24) is 15.0 Å². The van der Waals surface area contributed by atoms with Crippen molar-refractivity contribution in [3.8, 4) is 5.88 Å². The number of anilines is 2. The van der Waals surface area contributed by atoms with Crippen LogP contribution in [0.1, 0.15) is 24.8 Å². The molecule has 1 atom stereocenters. The van der Waals surface area contributed by atoms with Crippen LogP contribution in [0, 0.1) is 0 Å². The van der Waals surface area contributed by atoms with Gasteiger partial charge in [-0.2, -0.15) is 0 Å². The molecular weight excluding hydrogens is 366 g/mol. The van der Waals surface area contributed by atoms with E-state index >= 15 is 0 Å². The third-order valence-corrected chi connectivity index (χ3v) is 5.39. The summed E-state index contributed by atoms with van der Waals surface area (Å²) in [6.45, 7) is 4.08. The largest absolute Gasteiger partial charge is 0.472 e. The topological polar surface area (TPSA) is 72.4 Å². The number of nitrogens with one attached hydrogen (secondary N) is 1. The fourth-order valence-electron chi connectivity index (χ4n) is 3.85. The summed E-state index contributed by atoms with van der Waals surface area (Å²) < 4.78 is 11.3. The summed E-state index contributed by atoms with van der Waals surface area (Å²) in [4.78, 5) is 16.4. The van der Waals surface area contributed by atoms with Gasteiger partial charge in [0.1, 0.15) is 6.10 Å². The maximum atomic E-state index is 5.93. The Bertz CT molecular complexity index is 984. The molecule has 0 radical (unpaired) electrons.